The summed E-state index contributed by atoms with van der Waals surface area (Å²) in [4.78, 5) is 10.3. The first-order valence-electron chi connectivity index (χ1n) is 24.1. The second-order valence-electron chi connectivity index (χ2n) is 17.5. The van der Waals surface area contributed by atoms with E-state index in [2.05, 4.69) is 141 Å². The molecule has 0 heterocycles. The normalized spacial score (nSPS) is 13.8. The molecular formula is C62H52N4O5S4. The molecule has 0 fully saturated rings. The minimum atomic E-state index is -4.41. The number of anilines is 11. The SMILES string of the molecule is CSC1=C(S(=O)(=O)O)CC(N(c2ccccc2)c2ccc(N(c3ccccc3)c3ccc(-c4ccc(N(c5ccccc5)c5ccc(N(c6ccccc6)c6ccc(SC)c(S(=O)O)c6)cc5)cc4)cc3)cc2)C=C1. The van der Waals surface area contributed by atoms with Crippen LogP contribution < -0.4 is 19.6 Å². The summed E-state index contributed by atoms with van der Waals surface area (Å²) in [5, 5.41) is 0. The highest BCUT2D eigenvalue weighted by atomic mass is 32.2. The van der Waals surface area contributed by atoms with E-state index in [1.165, 1.54) is 23.5 Å². The number of allylic oxidation sites excluding steroid dienone is 1. The molecule has 10 rings (SSSR count). The van der Waals surface area contributed by atoms with E-state index in [-0.39, 0.29) is 17.4 Å². The van der Waals surface area contributed by atoms with Gasteiger partial charge in [-0.2, -0.15) is 8.42 Å². The Bertz CT molecular complexity index is 3590. The van der Waals surface area contributed by atoms with Gasteiger partial charge in [-0.05, 0) is 169 Å². The zero-order valence-electron chi connectivity index (χ0n) is 41.0. The molecule has 1 aliphatic carbocycles. The Kier molecular flexibility index (Phi) is 15.5. The number of thioether (sulfide) groups is 2. The maximum absolute atomic E-state index is 12.6. The predicted octanol–water partition coefficient (Wildman–Crippen LogP) is 17.0. The van der Waals surface area contributed by atoms with Crippen LogP contribution in [-0.2, 0) is 21.2 Å². The van der Waals surface area contributed by atoms with Crippen LogP contribution in [0.5, 0.6) is 0 Å². The minimum absolute atomic E-state index is 0.0217. The third-order valence-corrected chi connectivity index (χ3v) is 16.6. The van der Waals surface area contributed by atoms with Crippen LogP contribution in [0.3, 0.4) is 0 Å². The lowest BCUT2D eigenvalue weighted by Crippen LogP contribution is -2.32. The van der Waals surface area contributed by atoms with Crippen LogP contribution in [0.1, 0.15) is 6.42 Å². The summed E-state index contributed by atoms with van der Waals surface area (Å²) in [5.74, 6) is 0. The van der Waals surface area contributed by atoms with Crippen LogP contribution in [0.2, 0.25) is 0 Å². The van der Waals surface area contributed by atoms with Crippen molar-refractivity contribution < 1.29 is 21.7 Å². The number of hydrogen-bond acceptors (Lipinski definition) is 9. The van der Waals surface area contributed by atoms with Gasteiger partial charge in [0.1, 0.15) is 0 Å². The van der Waals surface area contributed by atoms with E-state index in [0.29, 0.717) is 9.80 Å². The standard InChI is InChI=1S/C62H52N4O5S4/c1-72-59-41-39-57(43-61(59)74(67)68)65(49-19-11-5-12-20-49)55-35-31-53(32-36-55)63(47-15-7-3-8-16-47)51-27-23-45(24-28-51)46-25-29-52(30-26-46)64(48-17-9-4-10-18-48)54-33-37-56(38-34-54)66(50-21-13-6-14-22-50)58-40-42-60(73-2)62(44-58)75(69,70)71/h3-43,58H,44H2,1-2H3,(H,67,68)(H,69,70,71). The molecule has 9 aromatic carbocycles. The topological polar surface area (TPSA) is 105 Å². The second-order valence-corrected chi connectivity index (χ2v) is 21.6. The van der Waals surface area contributed by atoms with Gasteiger partial charge in [0, 0.05) is 78.8 Å². The zero-order chi connectivity index (χ0) is 51.9. The van der Waals surface area contributed by atoms with Gasteiger partial charge in [-0.3, -0.25) is 4.55 Å². The van der Waals surface area contributed by atoms with Crippen molar-refractivity contribution in [2.24, 2.45) is 0 Å². The van der Waals surface area contributed by atoms with Gasteiger partial charge in [0.25, 0.3) is 10.1 Å². The molecule has 0 amide bonds. The molecule has 2 N–H and O–H groups in total. The molecule has 0 aliphatic heterocycles. The first-order chi connectivity index (χ1) is 36.6. The molecular weight excluding hydrogens is 1010 g/mol. The lowest BCUT2D eigenvalue weighted by Gasteiger charge is -2.35. The molecule has 75 heavy (non-hydrogen) atoms. The first-order valence-corrected chi connectivity index (χ1v) is 29.1. The van der Waals surface area contributed by atoms with E-state index in [4.69, 9.17) is 0 Å². The van der Waals surface area contributed by atoms with Crippen molar-refractivity contribution in [1.29, 1.82) is 0 Å². The highest BCUT2D eigenvalue weighted by Crippen LogP contribution is 2.43. The number of hydrogen-bond donors (Lipinski definition) is 2. The molecule has 0 radical (unpaired) electrons. The minimum Gasteiger partial charge on any atom is -0.334 e. The lowest BCUT2D eigenvalue weighted by atomic mass is 10.0. The van der Waals surface area contributed by atoms with Gasteiger partial charge in [-0.1, -0.05) is 103 Å². The molecule has 374 valence electrons. The third kappa shape index (κ3) is 11.3. The van der Waals surface area contributed by atoms with E-state index >= 15 is 0 Å². The fraction of sp³-hybridized carbons (Fsp3) is 0.0645. The number of nitrogens with zero attached hydrogens (tertiary/aromatic N) is 4. The van der Waals surface area contributed by atoms with Crippen molar-refractivity contribution in [3.63, 3.8) is 0 Å². The van der Waals surface area contributed by atoms with Crippen LogP contribution in [-0.4, -0.2) is 40.3 Å². The lowest BCUT2D eigenvalue weighted by molar-refractivity contribution is 0.487. The van der Waals surface area contributed by atoms with Gasteiger partial charge in [0.15, 0.2) is 11.1 Å². The molecule has 0 bridgehead atoms. The Labute approximate surface area is 450 Å². The van der Waals surface area contributed by atoms with Gasteiger partial charge >= 0.3 is 0 Å². The number of rotatable bonds is 17. The summed E-state index contributed by atoms with van der Waals surface area (Å²) in [6.45, 7) is 0. The third-order valence-electron chi connectivity index (χ3n) is 13.0. The van der Waals surface area contributed by atoms with Gasteiger partial charge in [-0.15, -0.1) is 23.5 Å². The predicted molar refractivity (Wildman–Crippen MR) is 315 cm³/mol. The van der Waals surface area contributed by atoms with E-state index in [1.54, 1.807) is 12.1 Å². The second kappa shape index (κ2) is 22.9. The Morgan fingerprint density at radius 3 is 1.16 bits per heavy atom. The highest BCUT2D eigenvalue weighted by Gasteiger charge is 2.30. The van der Waals surface area contributed by atoms with Gasteiger partial charge < -0.3 is 24.2 Å². The summed E-state index contributed by atoms with van der Waals surface area (Å²) in [7, 11) is -4.41. The number of para-hydroxylation sites is 4. The summed E-state index contributed by atoms with van der Waals surface area (Å²) >= 11 is 0.595. The molecule has 0 saturated heterocycles. The van der Waals surface area contributed by atoms with Crippen LogP contribution >= 0.6 is 23.5 Å². The van der Waals surface area contributed by atoms with Gasteiger partial charge in [-0.25, -0.2) is 4.21 Å². The maximum atomic E-state index is 12.6. The highest BCUT2D eigenvalue weighted by molar-refractivity contribution is 8.03. The van der Waals surface area contributed by atoms with Gasteiger partial charge in [0.2, 0.25) is 0 Å². The number of benzene rings is 9. The summed E-state index contributed by atoms with van der Waals surface area (Å²) < 4.78 is 58.0. The van der Waals surface area contributed by atoms with Crippen molar-refractivity contribution in [3.8, 4) is 11.1 Å². The molecule has 9 aromatic rings. The van der Waals surface area contributed by atoms with E-state index < -0.39 is 21.2 Å². The van der Waals surface area contributed by atoms with Crippen molar-refractivity contribution in [1.82, 2.24) is 0 Å². The molecule has 0 spiro atoms. The summed E-state index contributed by atoms with van der Waals surface area (Å²) in [5.41, 5.74) is 12.4. The maximum Gasteiger partial charge on any atom is 0.291 e. The molecule has 9 nitrogen and oxygen atoms in total. The van der Waals surface area contributed by atoms with Crippen LogP contribution in [0.15, 0.2) is 268 Å². The smallest absolute Gasteiger partial charge is 0.291 e. The van der Waals surface area contributed by atoms with Gasteiger partial charge in [0.05, 0.1) is 15.8 Å². The zero-order valence-corrected chi connectivity index (χ0v) is 44.3. The summed E-state index contributed by atoms with van der Waals surface area (Å²) in [6, 6.07) is 79.5. The molecule has 0 saturated carbocycles. The molecule has 13 heteroatoms. The average Bonchev–Trinajstić information content (AvgIpc) is 3.45. The Morgan fingerprint density at radius 1 is 0.453 bits per heavy atom. The Morgan fingerprint density at radius 2 is 0.787 bits per heavy atom. The fourth-order valence-electron chi connectivity index (χ4n) is 9.50. The van der Waals surface area contributed by atoms with Crippen molar-refractivity contribution in [2.75, 3.05) is 32.1 Å². The largest absolute Gasteiger partial charge is 0.334 e. The molecule has 2 atom stereocenters. The quantitative estimate of drug-likeness (QED) is 0.0517. The van der Waals surface area contributed by atoms with E-state index in [1.807, 2.05) is 128 Å². The monoisotopic (exact) mass is 1060 g/mol. The van der Waals surface area contributed by atoms with Crippen LogP contribution in [0.4, 0.5) is 62.6 Å². The molecule has 2 unspecified atom stereocenters. The average molecular weight is 1060 g/mol. The summed E-state index contributed by atoms with van der Waals surface area (Å²) in [6.07, 6.45) is 7.62. The van der Waals surface area contributed by atoms with Crippen molar-refractivity contribution in [3.05, 3.63) is 259 Å². The van der Waals surface area contributed by atoms with E-state index in [9.17, 15) is 21.7 Å². The Balaban J connectivity index is 0.931. The first kappa shape index (κ1) is 50.9. The van der Waals surface area contributed by atoms with Crippen molar-refractivity contribution >= 4 is 107 Å². The molecule has 1 aliphatic rings. The molecule has 0 aromatic heterocycles. The Hall–Kier alpha value is -7.62. The van der Waals surface area contributed by atoms with Crippen molar-refractivity contribution in [2.45, 2.75) is 22.3 Å². The fourth-order valence-corrected chi connectivity index (χ4v) is 12.7. The van der Waals surface area contributed by atoms with Crippen LogP contribution in [0.25, 0.3) is 11.1 Å². The van der Waals surface area contributed by atoms with Crippen LogP contribution in [0, 0.1) is 0 Å². The van der Waals surface area contributed by atoms with E-state index in [0.717, 1.165) is 78.6 Å².